The van der Waals surface area contributed by atoms with Crippen molar-refractivity contribution in [3.8, 4) is 11.5 Å². The van der Waals surface area contributed by atoms with Gasteiger partial charge in [0.25, 0.3) is 20.2 Å². The SMILES string of the molecule is Nc1cc(S(=O)(=O)c2ccc(O)c(N)c2)ccc1O.Nc1ccc(C=Cc2ccc(N)cc2S(=O)(=O)O)c(S(=O)(=O)O)c1. The fourth-order valence-electron chi connectivity index (χ4n) is 3.54. The summed E-state index contributed by atoms with van der Waals surface area (Å²) < 4.78 is 88.7. The van der Waals surface area contributed by atoms with Crippen LogP contribution in [0.4, 0.5) is 22.7 Å². The molecule has 0 radical (unpaired) electrons. The monoisotopic (exact) mass is 650 g/mol. The highest BCUT2D eigenvalue weighted by Crippen LogP contribution is 2.30. The average molecular weight is 651 g/mol. The van der Waals surface area contributed by atoms with Gasteiger partial charge >= 0.3 is 0 Å². The van der Waals surface area contributed by atoms with Crippen molar-refractivity contribution in [2.75, 3.05) is 22.9 Å². The zero-order valence-corrected chi connectivity index (χ0v) is 24.3. The molecule has 0 heterocycles. The molecule has 43 heavy (non-hydrogen) atoms. The summed E-state index contributed by atoms with van der Waals surface area (Å²) >= 11 is 0. The lowest BCUT2D eigenvalue weighted by molar-refractivity contribution is 0.477. The van der Waals surface area contributed by atoms with Crippen LogP contribution in [0, 0.1) is 0 Å². The topological polar surface area (TPSA) is 287 Å². The smallest absolute Gasteiger partial charge is 0.295 e. The minimum absolute atomic E-state index is 0.0344. The number of rotatable bonds is 6. The summed E-state index contributed by atoms with van der Waals surface area (Å²) in [6, 6.07) is 14.9. The van der Waals surface area contributed by atoms with Gasteiger partial charge in [-0.05, 0) is 71.8 Å². The van der Waals surface area contributed by atoms with Crippen molar-refractivity contribution >= 4 is 65.0 Å². The molecule has 4 aromatic rings. The van der Waals surface area contributed by atoms with Crippen LogP contribution < -0.4 is 22.9 Å². The number of sulfone groups is 1. The maximum absolute atomic E-state index is 12.3. The summed E-state index contributed by atoms with van der Waals surface area (Å²) in [5, 5.41) is 18.6. The normalized spacial score (nSPS) is 12.0. The number of benzene rings is 4. The van der Waals surface area contributed by atoms with Crippen molar-refractivity contribution in [2.45, 2.75) is 19.6 Å². The van der Waals surface area contributed by atoms with Gasteiger partial charge in [0.2, 0.25) is 9.84 Å². The van der Waals surface area contributed by atoms with E-state index in [1.54, 1.807) is 0 Å². The summed E-state index contributed by atoms with van der Waals surface area (Å²) in [6.45, 7) is 0. The van der Waals surface area contributed by atoms with Crippen molar-refractivity contribution in [3.63, 3.8) is 0 Å². The number of anilines is 4. The second-order valence-corrected chi connectivity index (χ2v) is 13.6. The Labute approximate surface area is 246 Å². The van der Waals surface area contributed by atoms with Gasteiger partial charge in [0.1, 0.15) is 21.3 Å². The molecule has 0 amide bonds. The quantitative estimate of drug-likeness (QED) is 0.0644. The third kappa shape index (κ3) is 7.93. The fraction of sp³-hybridized carbons (Fsp3) is 0. The molecule has 0 atom stereocenters. The Bertz CT molecular complexity index is 1920. The third-order valence-electron chi connectivity index (χ3n) is 5.69. The Morgan fingerprint density at radius 3 is 1.16 bits per heavy atom. The molecule has 0 saturated heterocycles. The Kier molecular flexibility index (Phi) is 9.28. The van der Waals surface area contributed by atoms with Gasteiger partial charge in [-0.2, -0.15) is 16.8 Å². The number of phenols is 2. The van der Waals surface area contributed by atoms with Gasteiger partial charge in [-0.15, -0.1) is 0 Å². The molecule has 0 aliphatic heterocycles. The van der Waals surface area contributed by atoms with Crippen LogP contribution in [0.5, 0.6) is 11.5 Å². The zero-order valence-electron chi connectivity index (χ0n) is 21.9. The minimum Gasteiger partial charge on any atom is -0.506 e. The predicted molar refractivity (Wildman–Crippen MR) is 161 cm³/mol. The number of phenolic OH excluding ortho intramolecular Hbond substituents is 2. The van der Waals surface area contributed by atoms with Crippen LogP contribution in [0.1, 0.15) is 11.1 Å². The average Bonchev–Trinajstić information content (AvgIpc) is 2.90. The van der Waals surface area contributed by atoms with E-state index < -0.39 is 39.9 Å². The Hall–Kier alpha value is -4.81. The van der Waals surface area contributed by atoms with Crippen LogP contribution in [-0.2, 0) is 30.1 Å². The highest BCUT2D eigenvalue weighted by atomic mass is 32.2. The fourth-order valence-corrected chi connectivity index (χ4v) is 6.31. The maximum atomic E-state index is 12.3. The standard InChI is InChI=1S/C14H14N2O6S2.C12H12N2O4S/c15-11-5-3-9(13(7-11)23(17,18)19)1-2-10-4-6-12(16)8-14(10)24(20,21)22;13-9-5-7(1-3-11(9)15)19(17,18)8-2-4-12(16)10(14)6-8/h1-8H,15-16H2,(H,17,18,19)(H,20,21,22);1-6,15-16H,13-14H2. The van der Waals surface area contributed by atoms with Crippen molar-refractivity contribution in [2.24, 2.45) is 0 Å². The number of aromatic hydroxyl groups is 2. The summed E-state index contributed by atoms with van der Waals surface area (Å²) in [5.74, 6) is -0.381. The first-order valence-electron chi connectivity index (χ1n) is 11.6. The highest BCUT2D eigenvalue weighted by Gasteiger charge is 2.20. The van der Waals surface area contributed by atoms with Crippen molar-refractivity contribution < 1.29 is 44.6 Å². The molecule has 17 heteroatoms. The first-order chi connectivity index (χ1) is 19.8. The van der Waals surface area contributed by atoms with Crippen molar-refractivity contribution in [3.05, 3.63) is 83.9 Å². The van der Waals surface area contributed by atoms with Gasteiger partial charge in [0.15, 0.2) is 0 Å². The Morgan fingerprint density at radius 2 is 0.860 bits per heavy atom. The number of hydrogen-bond donors (Lipinski definition) is 8. The molecule has 228 valence electrons. The largest absolute Gasteiger partial charge is 0.506 e. The molecule has 0 saturated carbocycles. The van der Waals surface area contributed by atoms with E-state index >= 15 is 0 Å². The van der Waals surface area contributed by atoms with E-state index in [0.29, 0.717) is 0 Å². The van der Waals surface area contributed by atoms with Crippen LogP contribution in [0.25, 0.3) is 12.2 Å². The summed E-state index contributed by atoms with van der Waals surface area (Å²) in [7, 11) is -12.8. The van der Waals surface area contributed by atoms with E-state index in [-0.39, 0.29) is 55.2 Å². The van der Waals surface area contributed by atoms with E-state index in [1.807, 2.05) is 0 Å². The molecule has 0 bridgehead atoms. The van der Waals surface area contributed by atoms with Gasteiger partial charge in [-0.25, -0.2) is 8.42 Å². The molecule has 4 aromatic carbocycles. The molecular weight excluding hydrogens is 625 g/mol. The zero-order chi connectivity index (χ0) is 32.3. The van der Waals surface area contributed by atoms with Crippen LogP contribution >= 0.6 is 0 Å². The van der Waals surface area contributed by atoms with Crippen molar-refractivity contribution in [1.82, 2.24) is 0 Å². The third-order valence-corrected chi connectivity index (χ3v) is 9.26. The van der Waals surface area contributed by atoms with Gasteiger partial charge in [0.05, 0.1) is 21.2 Å². The van der Waals surface area contributed by atoms with E-state index in [1.165, 1.54) is 60.7 Å². The molecule has 12 N–H and O–H groups in total. The molecule has 4 rings (SSSR count). The van der Waals surface area contributed by atoms with E-state index in [4.69, 9.17) is 22.9 Å². The summed E-state index contributed by atoms with van der Waals surface area (Å²) in [6.07, 6.45) is 2.53. The lowest BCUT2D eigenvalue weighted by Crippen LogP contribution is -2.03. The van der Waals surface area contributed by atoms with Crippen molar-refractivity contribution in [1.29, 1.82) is 0 Å². The molecule has 0 aliphatic carbocycles. The second kappa shape index (κ2) is 12.2. The number of hydrogen-bond acceptors (Lipinski definition) is 12. The molecule has 0 aromatic heterocycles. The molecule has 0 unspecified atom stereocenters. The second-order valence-electron chi connectivity index (χ2n) is 8.82. The van der Waals surface area contributed by atoms with Crippen LogP contribution in [0.3, 0.4) is 0 Å². The lowest BCUT2D eigenvalue weighted by atomic mass is 10.1. The maximum Gasteiger partial charge on any atom is 0.295 e. The van der Waals surface area contributed by atoms with Gasteiger partial charge in [-0.1, -0.05) is 24.3 Å². The van der Waals surface area contributed by atoms with Gasteiger partial charge in [0, 0.05) is 11.4 Å². The molecular formula is C26H26N4O10S3. The lowest BCUT2D eigenvalue weighted by Gasteiger charge is -2.08. The molecule has 0 spiro atoms. The minimum atomic E-state index is -4.52. The number of nitrogen functional groups attached to an aromatic ring is 4. The highest BCUT2D eigenvalue weighted by molar-refractivity contribution is 7.91. The predicted octanol–water partition coefficient (Wildman–Crippen LogP) is 2.61. The van der Waals surface area contributed by atoms with Crippen LogP contribution in [0.15, 0.2) is 92.4 Å². The Morgan fingerprint density at radius 1 is 0.512 bits per heavy atom. The molecule has 0 fully saturated rings. The first kappa shape index (κ1) is 32.7. The van der Waals surface area contributed by atoms with Gasteiger partial charge < -0.3 is 33.1 Å². The first-order valence-corrected chi connectivity index (χ1v) is 16.0. The van der Waals surface area contributed by atoms with Gasteiger partial charge in [-0.3, -0.25) is 9.11 Å². The summed E-state index contributed by atoms with van der Waals surface area (Å²) in [4.78, 5) is -0.981. The molecule has 0 aliphatic rings. The Balaban J connectivity index is 0.000000242. The van der Waals surface area contributed by atoms with E-state index in [9.17, 15) is 44.6 Å². The van der Waals surface area contributed by atoms with Crippen LogP contribution in [0.2, 0.25) is 0 Å². The van der Waals surface area contributed by atoms with Crippen LogP contribution in [-0.4, -0.2) is 44.6 Å². The van der Waals surface area contributed by atoms with E-state index in [0.717, 1.165) is 24.3 Å². The molecule has 14 nitrogen and oxygen atoms in total. The van der Waals surface area contributed by atoms with E-state index in [2.05, 4.69) is 0 Å². The summed E-state index contributed by atoms with van der Waals surface area (Å²) in [5.41, 5.74) is 22.3. The number of nitrogens with two attached hydrogens (primary N) is 4.